The number of aliphatic imine (C=N–C) groups is 1. The Morgan fingerprint density at radius 1 is 1.57 bits per heavy atom. The van der Waals surface area contributed by atoms with Gasteiger partial charge in [-0.15, -0.1) is 11.3 Å². The summed E-state index contributed by atoms with van der Waals surface area (Å²) in [4.78, 5) is 9.51. The van der Waals surface area contributed by atoms with Crippen molar-refractivity contribution < 1.29 is 12.8 Å². The van der Waals surface area contributed by atoms with Gasteiger partial charge in [0.25, 0.3) is 0 Å². The maximum atomic E-state index is 11.5. The summed E-state index contributed by atoms with van der Waals surface area (Å²) in [6.07, 6.45) is 2.21. The Bertz CT molecular complexity index is 781. The molecule has 2 aromatic heterocycles. The molecule has 1 aliphatic heterocycles. The Labute approximate surface area is 138 Å². The van der Waals surface area contributed by atoms with Crippen LogP contribution in [0.3, 0.4) is 0 Å². The van der Waals surface area contributed by atoms with Crippen molar-refractivity contribution in [3.05, 3.63) is 29.5 Å². The molecule has 0 amide bonds. The summed E-state index contributed by atoms with van der Waals surface area (Å²) in [5.41, 5.74) is 0.760. The van der Waals surface area contributed by atoms with Gasteiger partial charge < -0.3 is 15.1 Å². The number of hydrogen-bond acceptors (Lipinski definition) is 6. The average Bonchev–Trinajstić information content (AvgIpc) is 3.23. The summed E-state index contributed by atoms with van der Waals surface area (Å²) in [5, 5.41) is 8.22. The van der Waals surface area contributed by atoms with E-state index in [1.54, 1.807) is 24.6 Å². The molecule has 0 aromatic carbocycles. The SMILES string of the molecule is CN=C(NCc1coc(-c2cccs2)n1)NC1CCS(=O)(=O)C1. The molecular weight excluding hydrogens is 336 g/mol. The van der Waals surface area contributed by atoms with Gasteiger partial charge in [0.05, 0.1) is 28.6 Å². The summed E-state index contributed by atoms with van der Waals surface area (Å²) in [7, 11) is -1.26. The third kappa shape index (κ3) is 4.11. The average molecular weight is 354 g/mol. The van der Waals surface area contributed by atoms with Crippen molar-refractivity contribution in [3.63, 3.8) is 0 Å². The minimum absolute atomic E-state index is 0.0924. The van der Waals surface area contributed by atoms with Crippen molar-refractivity contribution in [2.45, 2.75) is 19.0 Å². The van der Waals surface area contributed by atoms with Crippen molar-refractivity contribution in [1.82, 2.24) is 15.6 Å². The van der Waals surface area contributed by atoms with Gasteiger partial charge in [0.15, 0.2) is 15.8 Å². The van der Waals surface area contributed by atoms with Crippen molar-refractivity contribution in [2.75, 3.05) is 18.6 Å². The van der Waals surface area contributed by atoms with E-state index >= 15 is 0 Å². The van der Waals surface area contributed by atoms with Gasteiger partial charge in [-0.25, -0.2) is 13.4 Å². The molecule has 0 bridgehead atoms. The molecule has 3 rings (SSSR count). The van der Waals surface area contributed by atoms with E-state index in [4.69, 9.17) is 4.42 Å². The number of hydrogen-bond donors (Lipinski definition) is 2. The normalized spacial score (nSPS) is 20.6. The highest BCUT2D eigenvalue weighted by Gasteiger charge is 2.28. The summed E-state index contributed by atoms with van der Waals surface area (Å²) >= 11 is 1.57. The minimum atomic E-state index is -2.91. The molecule has 1 unspecified atom stereocenters. The fourth-order valence-electron chi connectivity index (χ4n) is 2.37. The Morgan fingerprint density at radius 3 is 3.09 bits per heavy atom. The number of nitrogens with zero attached hydrogens (tertiary/aromatic N) is 2. The fraction of sp³-hybridized carbons (Fsp3) is 0.429. The van der Waals surface area contributed by atoms with Crippen LogP contribution in [0.25, 0.3) is 10.8 Å². The third-order valence-electron chi connectivity index (χ3n) is 3.52. The van der Waals surface area contributed by atoms with Gasteiger partial charge in [-0.1, -0.05) is 6.07 Å². The van der Waals surface area contributed by atoms with Crippen LogP contribution in [0.15, 0.2) is 33.2 Å². The second-order valence-electron chi connectivity index (χ2n) is 5.29. The summed E-state index contributed by atoms with van der Waals surface area (Å²) in [6, 6.07) is 3.81. The first kappa shape index (κ1) is 16.0. The molecule has 1 fully saturated rings. The highest BCUT2D eigenvalue weighted by molar-refractivity contribution is 7.91. The highest BCUT2D eigenvalue weighted by atomic mass is 32.2. The predicted molar refractivity (Wildman–Crippen MR) is 90.2 cm³/mol. The van der Waals surface area contributed by atoms with Gasteiger partial charge in [-0.3, -0.25) is 4.99 Å². The van der Waals surface area contributed by atoms with Crippen LogP contribution < -0.4 is 10.6 Å². The molecular formula is C14H18N4O3S2. The van der Waals surface area contributed by atoms with Crippen LogP contribution in [-0.2, 0) is 16.4 Å². The number of rotatable bonds is 4. The van der Waals surface area contributed by atoms with Gasteiger partial charge in [-0.05, 0) is 17.9 Å². The minimum Gasteiger partial charge on any atom is -0.443 e. The molecule has 3 heterocycles. The van der Waals surface area contributed by atoms with Crippen LogP contribution >= 0.6 is 11.3 Å². The second kappa shape index (κ2) is 6.71. The lowest BCUT2D eigenvalue weighted by atomic mass is 10.3. The van der Waals surface area contributed by atoms with Gasteiger partial charge in [0, 0.05) is 13.1 Å². The van der Waals surface area contributed by atoms with Crippen LogP contribution in [0.5, 0.6) is 0 Å². The topological polar surface area (TPSA) is 96.6 Å². The standard InChI is InChI=1S/C14H18N4O3S2/c1-15-14(18-10-4-6-23(19,20)9-10)16-7-11-8-21-13(17-11)12-3-2-5-22-12/h2-3,5,8,10H,4,6-7,9H2,1H3,(H2,15,16,18). The van der Waals surface area contributed by atoms with Crippen molar-refractivity contribution in [3.8, 4) is 10.8 Å². The van der Waals surface area contributed by atoms with E-state index in [0.29, 0.717) is 24.8 Å². The number of aromatic nitrogens is 1. The lowest BCUT2D eigenvalue weighted by Crippen LogP contribution is -2.43. The lowest BCUT2D eigenvalue weighted by Gasteiger charge is -2.15. The zero-order valence-electron chi connectivity index (χ0n) is 12.7. The molecule has 124 valence electrons. The molecule has 23 heavy (non-hydrogen) atoms. The number of sulfone groups is 1. The van der Waals surface area contributed by atoms with Gasteiger partial charge in [-0.2, -0.15) is 0 Å². The van der Waals surface area contributed by atoms with Crippen LogP contribution in [-0.4, -0.2) is 44.0 Å². The number of nitrogens with one attached hydrogen (secondary N) is 2. The molecule has 0 aliphatic carbocycles. The van der Waals surface area contributed by atoms with Crippen LogP contribution in [0.4, 0.5) is 0 Å². The molecule has 1 aliphatic rings. The Hall–Kier alpha value is -1.87. The third-order valence-corrected chi connectivity index (χ3v) is 6.14. The fourth-order valence-corrected chi connectivity index (χ4v) is 4.70. The molecule has 0 spiro atoms. The predicted octanol–water partition coefficient (Wildman–Crippen LogP) is 1.26. The zero-order chi connectivity index (χ0) is 16.3. The van der Waals surface area contributed by atoms with Gasteiger partial charge in [0.1, 0.15) is 6.26 Å². The molecule has 9 heteroatoms. The lowest BCUT2D eigenvalue weighted by molar-refractivity contribution is 0.573. The molecule has 0 saturated carbocycles. The highest BCUT2D eigenvalue weighted by Crippen LogP contribution is 2.23. The Balaban J connectivity index is 1.54. The second-order valence-corrected chi connectivity index (χ2v) is 8.47. The van der Waals surface area contributed by atoms with E-state index in [1.165, 1.54) is 0 Å². The molecule has 1 atom stereocenters. The summed E-state index contributed by atoms with van der Waals surface area (Å²) in [6.45, 7) is 0.452. The van der Waals surface area contributed by atoms with E-state index in [2.05, 4.69) is 20.6 Å². The van der Waals surface area contributed by atoms with Gasteiger partial charge in [0.2, 0.25) is 5.89 Å². The van der Waals surface area contributed by atoms with Crippen LogP contribution in [0.1, 0.15) is 12.1 Å². The Kier molecular flexibility index (Phi) is 4.67. The molecule has 2 N–H and O–H groups in total. The smallest absolute Gasteiger partial charge is 0.236 e. The molecule has 1 saturated heterocycles. The Morgan fingerprint density at radius 2 is 2.43 bits per heavy atom. The number of guanidine groups is 1. The summed E-state index contributed by atoms with van der Waals surface area (Å²) in [5.74, 6) is 1.55. The van der Waals surface area contributed by atoms with Crippen LogP contribution in [0, 0.1) is 0 Å². The van der Waals surface area contributed by atoms with Crippen molar-refractivity contribution >= 4 is 27.1 Å². The van der Waals surface area contributed by atoms with E-state index in [-0.39, 0.29) is 17.5 Å². The maximum absolute atomic E-state index is 11.5. The first-order valence-corrected chi connectivity index (χ1v) is 9.92. The molecule has 0 radical (unpaired) electrons. The van der Waals surface area contributed by atoms with E-state index in [1.807, 2.05) is 17.5 Å². The zero-order valence-corrected chi connectivity index (χ0v) is 14.3. The largest absolute Gasteiger partial charge is 0.443 e. The van der Waals surface area contributed by atoms with Crippen LogP contribution in [0.2, 0.25) is 0 Å². The van der Waals surface area contributed by atoms with E-state index < -0.39 is 9.84 Å². The summed E-state index contributed by atoms with van der Waals surface area (Å²) < 4.78 is 28.4. The molecule has 7 nitrogen and oxygen atoms in total. The van der Waals surface area contributed by atoms with E-state index in [0.717, 1.165) is 10.6 Å². The number of oxazole rings is 1. The van der Waals surface area contributed by atoms with E-state index in [9.17, 15) is 8.42 Å². The first-order valence-electron chi connectivity index (χ1n) is 7.21. The van der Waals surface area contributed by atoms with Crippen molar-refractivity contribution in [1.29, 1.82) is 0 Å². The molecule has 2 aromatic rings. The number of thiophene rings is 1. The maximum Gasteiger partial charge on any atom is 0.236 e. The first-order chi connectivity index (χ1) is 11.1. The van der Waals surface area contributed by atoms with Gasteiger partial charge >= 0.3 is 0 Å². The van der Waals surface area contributed by atoms with Crippen molar-refractivity contribution in [2.24, 2.45) is 4.99 Å². The monoisotopic (exact) mass is 354 g/mol. The quantitative estimate of drug-likeness (QED) is 0.634.